The zero-order valence-electron chi connectivity index (χ0n) is 23.0. The van der Waals surface area contributed by atoms with E-state index >= 15 is 0 Å². The van der Waals surface area contributed by atoms with Gasteiger partial charge in [-0.25, -0.2) is 0 Å². The highest BCUT2D eigenvalue weighted by Crippen LogP contribution is 2.44. The third-order valence-electron chi connectivity index (χ3n) is 6.57. The van der Waals surface area contributed by atoms with Crippen LogP contribution < -0.4 is 11.5 Å². The Morgan fingerprint density at radius 3 is 1.38 bits per heavy atom. The summed E-state index contributed by atoms with van der Waals surface area (Å²) in [4.78, 5) is -2.06. The van der Waals surface area contributed by atoms with Crippen LogP contribution in [0.3, 0.4) is 0 Å². The summed E-state index contributed by atoms with van der Waals surface area (Å²) in [5.41, 5.74) is 10.7. The third-order valence-corrected chi connectivity index (χ3v) is 9.41. The molecule has 0 aliphatic rings. The predicted octanol–water partition coefficient (Wildman–Crippen LogP) is 5.79. The summed E-state index contributed by atoms with van der Waals surface area (Å²) >= 11 is 6.23. The maximum absolute atomic E-state index is 12.2. The number of halogens is 1. The summed E-state index contributed by atoms with van der Waals surface area (Å²) in [6.07, 6.45) is 0. The molecule has 21 heteroatoms. The van der Waals surface area contributed by atoms with Gasteiger partial charge < -0.3 is 21.7 Å². The molecular formula is C26H19ClN6O11S3. The number of aromatic hydroxyl groups is 2. The first kappa shape index (κ1) is 33.4. The van der Waals surface area contributed by atoms with Gasteiger partial charge in [-0.1, -0.05) is 23.7 Å². The van der Waals surface area contributed by atoms with Crippen molar-refractivity contribution in [1.82, 2.24) is 0 Å². The smallest absolute Gasteiger partial charge is 0.296 e. The first-order valence-corrected chi connectivity index (χ1v) is 17.2. The van der Waals surface area contributed by atoms with Crippen LogP contribution in [0, 0.1) is 0 Å². The van der Waals surface area contributed by atoms with Crippen molar-refractivity contribution in [2.45, 2.75) is 14.7 Å². The molecule has 5 rings (SSSR count). The predicted molar refractivity (Wildman–Crippen MR) is 169 cm³/mol. The molecule has 9 N–H and O–H groups in total. The molecule has 0 fully saturated rings. The van der Waals surface area contributed by atoms with Gasteiger partial charge in [0.2, 0.25) is 0 Å². The Bertz CT molecular complexity index is 2560. The summed E-state index contributed by atoms with van der Waals surface area (Å²) in [5, 5.41) is 36.5. The van der Waals surface area contributed by atoms with E-state index in [0.29, 0.717) is 0 Å². The van der Waals surface area contributed by atoms with E-state index in [1.165, 1.54) is 24.3 Å². The standard InChI is InChI=1S/C26H19ClN6O11S3/c27-15-9-22(47(42,43)44)19(31-33-26-17(29)4-2-12-6-14(46(39,40)41)8-21(35)24(12)26)10-18(15)30-32-25-16(28)3-1-11-5-13(45(36,37)38)7-20(34)23(11)25/h1-10,34-35H,28-29H2,(H,36,37,38)(H,39,40,41)(H,42,43,44). The average Bonchev–Trinajstić information content (AvgIpc) is 2.95. The highest BCUT2D eigenvalue weighted by molar-refractivity contribution is 7.86. The molecule has 0 unspecified atom stereocenters. The lowest BCUT2D eigenvalue weighted by Crippen LogP contribution is -1.99. The number of phenolic OH excluding ortho intramolecular Hbond substituents is 2. The van der Waals surface area contributed by atoms with E-state index < -0.39 is 62.2 Å². The molecule has 0 aromatic heterocycles. The summed E-state index contributed by atoms with van der Waals surface area (Å²) in [5.74, 6) is -1.30. The quantitative estimate of drug-likeness (QED) is 0.0594. The molecule has 0 radical (unpaired) electrons. The fourth-order valence-electron chi connectivity index (χ4n) is 4.44. The molecule has 0 spiro atoms. The summed E-state index contributed by atoms with van der Waals surface area (Å²) < 4.78 is 99.3. The van der Waals surface area contributed by atoms with Crippen molar-refractivity contribution in [3.8, 4) is 11.5 Å². The number of azo groups is 2. The number of nitrogens with zero attached hydrogens (tertiary/aromatic N) is 4. The number of benzene rings is 5. The average molecular weight is 723 g/mol. The van der Waals surface area contributed by atoms with Crippen LogP contribution in [0.1, 0.15) is 0 Å². The van der Waals surface area contributed by atoms with Gasteiger partial charge in [0, 0.05) is 12.1 Å². The minimum atomic E-state index is -4.99. The zero-order valence-corrected chi connectivity index (χ0v) is 26.2. The van der Waals surface area contributed by atoms with Crippen LogP contribution in [0.15, 0.2) is 95.8 Å². The van der Waals surface area contributed by atoms with E-state index in [1.807, 2.05) is 0 Å². The van der Waals surface area contributed by atoms with Crippen LogP contribution >= 0.6 is 11.6 Å². The Hall–Kier alpha value is -4.96. The van der Waals surface area contributed by atoms with Gasteiger partial charge in [0.1, 0.15) is 39.1 Å². The van der Waals surface area contributed by atoms with Crippen molar-refractivity contribution in [3.63, 3.8) is 0 Å². The molecule has 5 aromatic carbocycles. The SMILES string of the molecule is Nc1ccc2cc(S(=O)(=O)O)cc(O)c2c1N=Nc1cc(N=Nc2c(N)ccc3cc(S(=O)(=O)O)cc(O)c23)c(S(=O)(=O)O)cc1Cl. The second-order valence-electron chi connectivity index (χ2n) is 9.68. The lowest BCUT2D eigenvalue weighted by molar-refractivity contribution is 0.470. The summed E-state index contributed by atoms with van der Waals surface area (Å²) in [7, 11) is -14.4. The second-order valence-corrected chi connectivity index (χ2v) is 14.3. The van der Waals surface area contributed by atoms with Crippen molar-refractivity contribution >= 4 is 97.6 Å². The summed E-state index contributed by atoms with van der Waals surface area (Å²) in [6, 6.07) is 10.6. The molecular weight excluding hydrogens is 704 g/mol. The number of phenols is 2. The maximum atomic E-state index is 12.2. The number of hydrogen-bond acceptors (Lipinski definition) is 14. The third kappa shape index (κ3) is 6.64. The first-order chi connectivity index (χ1) is 21.8. The highest BCUT2D eigenvalue weighted by Gasteiger charge is 2.22. The van der Waals surface area contributed by atoms with Gasteiger partial charge in [0.15, 0.2) is 0 Å². The second kappa shape index (κ2) is 11.7. The fraction of sp³-hybridized carbons (Fsp3) is 0. The van der Waals surface area contributed by atoms with Crippen molar-refractivity contribution in [2.75, 3.05) is 11.5 Å². The van der Waals surface area contributed by atoms with Crippen LogP contribution in [0.2, 0.25) is 5.02 Å². The molecule has 0 aliphatic carbocycles. The monoisotopic (exact) mass is 722 g/mol. The number of nitrogens with two attached hydrogens (primary N) is 2. The van der Waals surface area contributed by atoms with E-state index in [2.05, 4.69) is 20.5 Å². The molecule has 0 saturated heterocycles. The number of hydrogen-bond donors (Lipinski definition) is 7. The maximum Gasteiger partial charge on any atom is 0.296 e. The Labute approximate surface area is 269 Å². The topological polar surface area (TPSA) is 305 Å². The number of anilines is 2. The van der Waals surface area contributed by atoms with Crippen molar-refractivity contribution in [2.24, 2.45) is 20.5 Å². The van der Waals surface area contributed by atoms with Gasteiger partial charge in [0.25, 0.3) is 30.4 Å². The Kier molecular flexibility index (Phi) is 8.30. The molecule has 0 atom stereocenters. The molecule has 47 heavy (non-hydrogen) atoms. The lowest BCUT2D eigenvalue weighted by Gasteiger charge is -2.10. The van der Waals surface area contributed by atoms with Gasteiger partial charge in [-0.15, -0.1) is 20.5 Å². The van der Waals surface area contributed by atoms with Crippen LogP contribution in [0.5, 0.6) is 11.5 Å². The molecule has 244 valence electrons. The van der Waals surface area contributed by atoms with Crippen LogP contribution in [0.4, 0.5) is 34.1 Å². The largest absolute Gasteiger partial charge is 0.507 e. The Morgan fingerprint density at radius 2 is 0.979 bits per heavy atom. The van der Waals surface area contributed by atoms with E-state index in [4.69, 9.17) is 23.1 Å². The van der Waals surface area contributed by atoms with E-state index in [-0.39, 0.29) is 55.0 Å². The number of fused-ring (bicyclic) bond motifs is 2. The van der Waals surface area contributed by atoms with Gasteiger partial charge in [-0.2, -0.15) is 25.3 Å². The number of nitrogen functional groups attached to an aromatic ring is 2. The zero-order chi connectivity index (χ0) is 34.6. The van der Waals surface area contributed by atoms with Crippen molar-refractivity contribution < 1.29 is 49.1 Å². The van der Waals surface area contributed by atoms with Gasteiger partial charge in [-0.05, 0) is 47.2 Å². The molecule has 17 nitrogen and oxygen atoms in total. The molecule has 0 heterocycles. The summed E-state index contributed by atoms with van der Waals surface area (Å²) in [6.45, 7) is 0. The molecule has 0 aliphatic heterocycles. The van der Waals surface area contributed by atoms with Gasteiger partial charge >= 0.3 is 0 Å². The van der Waals surface area contributed by atoms with Crippen molar-refractivity contribution in [3.05, 3.63) is 65.7 Å². The highest BCUT2D eigenvalue weighted by atomic mass is 35.5. The minimum absolute atomic E-state index is 0.0369. The van der Waals surface area contributed by atoms with E-state index in [1.54, 1.807) is 0 Å². The van der Waals surface area contributed by atoms with E-state index in [9.17, 15) is 49.1 Å². The molecule has 0 saturated carbocycles. The van der Waals surface area contributed by atoms with Crippen molar-refractivity contribution in [1.29, 1.82) is 0 Å². The first-order valence-electron chi connectivity index (χ1n) is 12.5. The number of rotatable bonds is 7. The Balaban J connectivity index is 1.66. The van der Waals surface area contributed by atoms with Gasteiger partial charge in [-0.3, -0.25) is 13.7 Å². The van der Waals surface area contributed by atoms with Crippen LogP contribution in [0.25, 0.3) is 21.5 Å². The fourth-order valence-corrected chi connectivity index (χ4v) is 6.41. The normalized spacial score (nSPS) is 12.9. The van der Waals surface area contributed by atoms with Crippen LogP contribution in [-0.4, -0.2) is 49.1 Å². The minimum Gasteiger partial charge on any atom is -0.507 e. The van der Waals surface area contributed by atoms with E-state index in [0.717, 1.165) is 36.4 Å². The molecule has 0 bridgehead atoms. The Morgan fingerprint density at radius 1 is 0.553 bits per heavy atom. The van der Waals surface area contributed by atoms with Crippen LogP contribution in [-0.2, 0) is 30.4 Å². The van der Waals surface area contributed by atoms with Gasteiger partial charge in [0.05, 0.1) is 37.0 Å². The molecule has 0 amide bonds. The molecule has 5 aromatic rings. The lowest BCUT2D eigenvalue weighted by atomic mass is 10.1.